The zero-order valence-corrected chi connectivity index (χ0v) is 15.3. The number of para-hydroxylation sites is 1. The van der Waals surface area contributed by atoms with Gasteiger partial charge in [-0.1, -0.05) is 35.9 Å². The van der Waals surface area contributed by atoms with Crippen LogP contribution in [0.15, 0.2) is 53.5 Å². The summed E-state index contributed by atoms with van der Waals surface area (Å²) in [6.45, 7) is 0.567. The second-order valence-corrected chi connectivity index (χ2v) is 4.87. The van der Waals surface area contributed by atoms with E-state index in [-0.39, 0.29) is 24.0 Å². The molecule has 0 bridgehead atoms. The summed E-state index contributed by atoms with van der Waals surface area (Å²) in [6.07, 6.45) is 0.722. The Labute approximate surface area is 152 Å². The number of anilines is 1. The number of nitrogens with two attached hydrogens (primary N) is 1. The zero-order valence-electron chi connectivity index (χ0n) is 12.3. The van der Waals surface area contributed by atoms with Crippen molar-refractivity contribution in [2.45, 2.75) is 6.42 Å². The standard InChI is InChI=1S/C16H18ClN3O.HI/c1-21-14-8-7-12(15(17)11-14)9-10-19-16(18)20-13-5-3-2-4-6-13;/h2-8,11H,9-10H2,1H3,(H3,18,19,20);1H. The summed E-state index contributed by atoms with van der Waals surface area (Å²) >= 11 is 6.18. The third-order valence-electron chi connectivity index (χ3n) is 2.97. The first-order valence-electron chi connectivity index (χ1n) is 6.63. The normalized spacial score (nSPS) is 10.7. The van der Waals surface area contributed by atoms with Crippen LogP contribution < -0.4 is 15.8 Å². The Hall–Kier alpha value is -1.47. The molecule has 0 amide bonds. The summed E-state index contributed by atoms with van der Waals surface area (Å²) in [5, 5.41) is 3.72. The fourth-order valence-electron chi connectivity index (χ4n) is 1.86. The number of hydrogen-bond acceptors (Lipinski definition) is 2. The minimum absolute atomic E-state index is 0. The van der Waals surface area contributed by atoms with Crippen molar-refractivity contribution in [3.63, 3.8) is 0 Å². The molecule has 0 spiro atoms. The number of nitrogens with one attached hydrogen (secondary N) is 1. The molecule has 2 rings (SSSR count). The van der Waals surface area contributed by atoms with Crippen molar-refractivity contribution >= 4 is 47.2 Å². The van der Waals surface area contributed by atoms with Crippen LogP contribution in [0.4, 0.5) is 5.69 Å². The number of benzene rings is 2. The number of aliphatic imine (C=N–C) groups is 1. The van der Waals surface area contributed by atoms with Gasteiger partial charge in [-0.15, -0.1) is 24.0 Å². The molecular weight excluding hydrogens is 413 g/mol. The lowest BCUT2D eigenvalue weighted by Gasteiger charge is -2.07. The van der Waals surface area contributed by atoms with Crippen LogP contribution in [0.3, 0.4) is 0 Å². The van der Waals surface area contributed by atoms with E-state index in [2.05, 4.69) is 10.3 Å². The fourth-order valence-corrected chi connectivity index (χ4v) is 2.13. The van der Waals surface area contributed by atoms with Gasteiger partial charge in [-0.3, -0.25) is 4.99 Å². The van der Waals surface area contributed by atoms with Crippen molar-refractivity contribution in [3.8, 4) is 5.75 Å². The smallest absolute Gasteiger partial charge is 0.193 e. The molecule has 22 heavy (non-hydrogen) atoms. The van der Waals surface area contributed by atoms with Crippen LogP contribution in [0.5, 0.6) is 5.75 Å². The number of ether oxygens (including phenoxy) is 1. The monoisotopic (exact) mass is 431 g/mol. The summed E-state index contributed by atoms with van der Waals surface area (Å²) < 4.78 is 5.12. The van der Waals surface area contributed by atoms with Crippen molar-refractivity contribution in [2.75, 3.05) is 19.0 Å². The lowest BCUT2D eigenvalue weighted by molar-refractivity contribution is 0.414. The third-order valence-corrected chi connectivity index (χ3v) is 3.32. The predicted molar refractivity (Wildman–Crippen MR) is 104 cm³/mol. The quantitative estimate of drug-likeness (QED) is 0.428. The Kier molecular flexibility index (Phi) is 8.05. The van der Waals surface area contributed by atoms with E-state index in [1.807, 2.05) is 42.5 Å². The van der Waals surface area contributed by atoms with Gasteiger partial charge in [0.2, 0.25) is 0 Å². The van der Waals surface area contributed by atoms with Gasteiger partial charge in [-0.2, -0.15) is 0 Å². The van der Waals surface area contributed by atoms with Crippen LogP contribution in [0.1, 0.15) is 5.56 Å². The highest BCUT2D eigenvalue weighted by Gasteiger charge is 2.02. The third kappa shape index (κ3) is 5.73. The molecular formula is C16H19ClIN3O. The Morgan fingerprint density at radius 2 is 1.95 bits per heavy atom. The van der Waals surface area contributed by atoms with Crippen molar-refractivity contribution in [3.05, 3.63) is 59.1 Å². The topological polar surface area (TPSA) is 59.6 Å². The van der Waals surface area contributed by atoms with Gasteiger partial charge in [0.05, 0.1) is 7.11 Å². The molecule has 0 aliphatic heterocycles. The number of methoxy groups -OCH3 is 1. The number of hydrogen-bond donors (Lipinski definition) is 2. The van der Waals surface area contributed by atoms with Crippen molar-refractivity contribution in [1.29, 1.82) is 0 Å². The Morgan fingerprint density at radius 1 is 1.23 bits per heavy atom. The van der Waals surface area contributed by atoms with Gasteiger partial charge < -0.3 is 15.8 Å². The molecule has 0 saturated carbocycles. The van der Waals surface area contributed by atoms with Gasteiger partial charge in [-0.25, -0.2) is 0 Å². The van der Waals surface area contributed by atoms with E-state index in [0.29, 0.717) is 17.5 Å². The average Bonchev–Trinajstić information content (AvgIpc) is 2.50. The second kappa shape index (κ2) is 9.53. The number of nitrogens with zero attached hydrogens (tertiary/aromatic N) is 1. The molecule has 4 nitrogen and oxygen atoms in total. The maximum Gasteiger partial charge on any atom is 0.193 e. The number of guanidine groups is 1. The second-order valence-electron chi connectivity index (χ2n) is 4.47. The molecule has 3 N–H and O–H groups in total. The van der Waals surface area contributed by atoms with Crippen LogP contribution in [0.2, 0.25) is 5.02 Å². The highest BCUT2D eigenvalue weighted by atomic mass is 127. The first-order valence-corrected chi connectivity index (χ1v) is 7.01. The van der Waals surface area contributed by atoms with Crippen LogP contribution >= 0.6 is 35.6 Å². The van der Waals surface area contributed by atoms with E-state index in [1.54, 1.807) is 13.2 Å². The van der Waals surface area contributed by atoms with Crippen molar-refractivity contribution in [1.82, 2.24) is 0 Å². The minimum Gasteiger partial charge on any atom is -0.497 e. The molecule has 0 aliphatic carbocycles. The summed E-state index contributed by atoms with van der Waals surface area (Å²) in [6, 6.07) is 15.3. The highest BCUT2D eigenvalue weighted by molar-refractivity contribution is 14.0. The minimum atomic E-state index is 0. The molecule has 6 heteroatoms. The van der Waals surface area contributed by atoms with Crippen LogP contribution in [0, 0.1) is 0 Å². The molecule has 0 unspecified atom stereocenters. The molecule has 0 fully saturated rings. The largest absolute Gasteiger partial charge is 0.497 e. The average molecular weight is 432 g/mol. The van der Waals surface area contributed by atoms with Gasteiger partial charge in [0.1, 0.15) is 5.75 Å². The molecule has 118 valence electrons. The fraction of sp³-hybridized carbons (Fsp3) is 0.188. The summed E-state index contributed by atoms with van der Waals surface area (Å²) in [5.74, 6) is 1.14. The maximum absolute atomic E-state index is 6.18. The van der Waals surface area contributed by atoms with Gasteiger partial charge in [-0.05, 0) is 36.2 Å². The van der Waals surface area contributed by atoms with E-state index < -0.39 is 0 Å². The van der Waals surface area contributed by atoms with Gasteiger partial charge >= 0.3 is 0 Å². The Balaban J connectivity index is 0.00000242. The first kappa shape index (κ1) is 18.6. The van der Waals surface area contributed by atoms with Gasteiger partial charge in [0, 0.05) is 17.3 Å². The van der Waals surface area contributed by atoms with E-state index in [1.165, 1.54) is 0 Å². The molecule has 0 aromatic heterocycles. The molecule has 0 heterocycles. The van der Waals surface area contributed by atoms with Crippen LogP contribution in [-0.4, -0.2) is 19.6 Å². The summed E-state index contributed by atoms with van der Waals surface area (Å²) in [4.78, 5) is 4.29. The zero-order chi connectivity index (χ0) is 15.1. The van der Waals surface area contributed by atoms with E-state index in [9.17, 15) is 0 Å². The Bertz CT molecular complexity index is 620. The van der Waals surface area contributed by atoms with Crippen molar-refractivity contribution in [2.24, 2.45) is 10.7 Å². The van der Waals surface area contributed by atoms with Crippen LogP contribution in [0.25, 0.3) is 0 Å². The van der Waals surface area contributed by atoms with E-state index in [0.717, 1.165) is 23.4 Å². The molecule has 2 aromatic carbocycles. The van der Waals surface area contributed by atoms with Gasteiger partial charge in [0.25, 0.3) is 0 Å². The van der Waals surface area contributed by atoms with Gasteiger partial charge in [0.15, 0.2) is 5.96 Å². The number of rotatable bonds is 5. The van der Waals surface area contributed by atoms with Crippen LogP contribution in [-0.2, 0) is 6.42 Å². The molecule has 0 atom stereocenters. The molecule has 0 aliphatic rings. The SMILES string of the molecule is COc1ccc(CCN=C(N)Nc2ccccc2)c(Cl)c1.I. The predicted octanol–water partition coefficient (Wildman–Crippen LogP) is 3.94. The molecule has 0 saturated heterocycles. The van der Waals surface area contributed by atoms with E-state index in [4.69, 9.17) is 22.1 Å². The van der Waals surface area contributed by atoms with Crippen molar-refractivity contribution < 1.29 is 4.74 Å². The van der Waals surface area contributed by atoms with E-state index >= 15 is 0 Å². The lowest BCUT2D eigenvalue weighted by Crippen LogP contribution is -2.23. The lowest BCUT2D eigenvalue weighted by atomic mass is 10.1. The molecule has 2 aromatic rings. The maximum atomic E-state index is 6.18. The number of halogens is 2. The summed E-state index contributed by atoms with van der Waals surface area (Å²) in [5.41, 5.74) is 7.78. The first-order chi connectivity index (χ1) is 10.2. The Morgan fingerprint density at radius 3 is 2.59 bits per heavy atom. The molecule has 0 radical (unpaired) electrons. The highest BCUT2D eigenvalue weighted by Crippen LogP contribution is 2.22. The summed E-state index contributed by atoms with van der Waals surface area (Å²) in [7, 11) is 1.62.